The summed E-state index contributed by atoms with van der Waals surface area (Å²) in [5.41, 5.74) is 2.13. The van der Waals surface area contributed by atoms with Crippen LogP contribution in [0.5, 0.6) is 17.2 Å². The molecule has 5 heteroatoms. The topological polar surface area (TPSA) is 46.2 Å². The smallest absolute Gasteiger partial charge is 0.136 e. The van der Waals surface area contributed by atoms with Crippen LogP contribution in [0.2, 0.25) is 0 Å². The third kappa shape index (κ3) is 2.45. The van der Waals surface area contributed by atoms with Gasteiger partial charge in [0.1, 0.15) is 23.4 Å². The van der Waals surface area contributed by atoms with Gasteiger partial charge < -0.3 is 23.7 Å². The Labute approximate surface area is 154 Å². The number of hydrogen-bond acceptors (Lipinski definition) is 5. The highest BCUT2D eigenvalue weighted by Crippen LogP contribution is 2.55. The molecule has 2 aliphatic heterocycles. The second-order valence-electron chi connectivity index (χ2n) is 6.81. The maximum Gasteiger partial charge on any atom is 0.136 e. The Bertz CT molecular complexity index is 816. The Hall–Kier alpha value is -1.98. The minimum atomic E-state index is -0.113. The standard InChI is InChI=1S/C21H26O5/c1-5-7-14-17-18(20-15(26-14)10-11-25-20)19(23-3)12-8-6-9-13(22-2)16(12)21(17)24-4/h6,8-9,14-15,20H,5,7,10-11H2,1-4H3/t14-,15+,20-/m0/s1. The van der Waals surface area contributed by atoms with Crippen LogP contribution in [0.4, 0.5) is 0 Å². The molecule has 0 unspecified atom stereocenters. The number of rotatable bonds is 5. The lowest BCUT2D eigenvalue weighted by Gasteiger charge is -2.36. The fourth-order valence-corrected chi connectivity index (χ4v) is 4.42. The molecule has 2 heterocycles. The van der Waals surface area contributed by atoms with Crippen molar-refractivity contribution in [2.24, 2.45) is 0 Å². The summed E-state index contributed by atoms with van der Waals surface area (Å²) in [6.45, 7) is 2.88. The molecule has 140 valence electrons. The van der Waals surface area contributed by atoms with Crippen LogP contribution < -0.4 is 14.2 Å². The number of hydrogen-bond donors (Lipinski definition) is 0. The van der Waals surface area contributed by atoms with Gasteiger partial charge in [0.05, 0.1) is 45.5 Å². The van der Waals surface area contributed by atoms with Crippen molar-refractivity contribution in [2.75, 3.05) is 27.9 Å². The van der Waals surface area contributed by atoms with Crippen molar-refractivity contribution in [2.45, 2.75) is 44.5 Å². The van der Waals surface area contributed by atoms with Crippen molar-refractivity contribution in [1.29, 1.82) is 0 Å². The van der Waals surface area contributed by atoms with E-state index < -0.39 is 0 Å². The van der Waals surface area contributed by atoms with E-state index in [1.54, 1.807) is 21.3 Å². The van der Waals surface area contributed by atoms with E-state index in [4.69, 9.17) is 23.7 Å². The Morgan fingerprint density at radius 1 is 1.04 bits per heavy atom. The molecule has 0 bridgehead atoms. The van der Waals surface area contributed by atoms with E-state index in [-0.39, 0.29) is 18.3 Å². The number of fused-ring (bicyclic) bond motifs is 4. The SMILES string of the molecule is CCC[C@@H]1O[C@@H]2CCO[C@@H]2c2c1c(OC)c1c(OC)cccc1c2OC. The van der Waals surface area contributed by atoms with E-state index >= 15 is 0 Å². The summed E-state index contributed by atoms with van der Waals surface area (Å²) < 4.78 is 30.0. The summed E-state index contributed by atoms with van der Waals surface area (Å²) in [6.07, 6.45) is 2.79. The molecule has 0 spiro atoms. The van der Waals surface area contributed by atoms with Crippen LogP contribution in [-0.2, 0) is 9.47 Å². The Morgan fingerprint density at radius 2 is 1.85 bits per heavy atom. The lowest BCUT2D eigenvalue weighted by molar-refractivity contribution is -0.0758. The second-order valence-corrected chi connectivity index (χ2v) is 6.81. The molecule has 0 radical (unpaired) electrons. The van der Waals surface area contributed by atoms with Gasteiger partial charge in [0, 0.05) is 16.5 Å². The average Bonchev–Trinajstić information content (AvgIpc) is 3.14. The van der Waals surface area contributed by atoms with Crippen LogP contribution in [0, 0.1) is 0 Å². The first-order chi connectivity index (χ1) is 12.7. The second kappa shape index (κ2) is 6.97. The van der Waals surface area contributed by atoms with Crippen LogP contribution in [0.1, 0.15) is 49.5 Å². The quantitative estimate of drug-likeness (QED) is 0.784. The van der Waals surface area contributed by atoms with Crippen molar-refractivity contribution in [3.8, 4) is 17.2 Å². The molecule has 0 aliphatic carbocycles. The van der Waals surface area contributed by atoms with E-state index in [1.165, 1.54) is 0 Å². The van der Waals surface area contributed by atoms with Crippen LogP contribution in [0.15, 0.2) is 18.2 Å². The fraction of sp³-hybridized carbons (Fsp3) is 0.524. The van der Waals surface area contributed by atoms with Crippen LogP contribution in [0.25, 0.3) is 10.8 Å². The molecule has 2 aromatic rings. The Morgan fingerprint density at radius 3 is 2.54 bits per heavy atom. The van der Waals surface area contributed by atoms with Crippen LogP contribution >= 0.6 is 0 Å². The molecule has 3 atom stereocenters. The summed E-state index contributed by atoms with van der Waals surface area (Å²) >= 11 is 0. The molecule has 1 saturated heterocycles. The van der Waals surface area contributed by atoms with Crippen molar-refractivity contribution in [3.63, 3.8) is 0 Å². The number of ether oxygens (including phenoxy) is 5. The minimum absolute atomic E-state index is 0.0314. The molecule has 26 heavy (non-hydrogen) atoms. The fourth-order valence-electron chi connectivity index (χ4n) is 4.42. The lowest BCUT2D eigenvalue weighted by atomic mass is 9.85. The first kappa shape index (κ1) is 17.4. The summed E-state index contributed by atoms with van der Waals surface area (Å²) in [7, 11) is 5.10. The molecule has 2 aliphatic rings. The van der Waals surface area contributed by atoms with Gasteiger partial charge in [-0.25, -0.2) is 0 Å². The summed E-state index contributed by atoms with van der Waals surface area (Å²) in [6, 6.07) is 5.98. The van der Waals surface area contributed by atoms with Crippen LogP contribution in [-0.4, -0.2) is 34.0 Å². The van der Waals surface area contributed by atoms with E-state index in [2.05, 4.69) is 6.92 Å². The van der Waals surface area contributed by atoms with Gasteiger partial charge in [0.15, 0.2) is 0 Å². The lowest BCUT2D eigenvalue weighted by Crippen LogP contribution is -2.29. The number of benzene rings is 2. The summed E-state index contributed by atoms with van der Waals surface area (Å²) in [4.78, 5) is 0. The van der Waals surface area contributed by atoms with Gasteiger partial charge in [-0.05, 0) is 18.9 Å². The molecule has 4 rings (SSSR count). The van der Waals surface area contributed by atoms with Gasteiger partial charge in [-0.1, -0.05) is 25.5 Å². The first-order valence-corrected chi connectivity index (χ1v) is 9.26. The highest BCUT2D eigenvalue weighted by molar-refractivity contribution is 6.00. The van der Waals surface area contributed by atoms with E-state index in [0.717, 1.165) is 58.4 Å². The predicted molar refractivity (Wildman–Crippen MR) is 99.4 cm³/mol. The van der Waals surface area contributed by atoms with Gasteiger partial charge >= 0.3 is 0 Å². The third-order valence-electron chi connectivity index (χ3n) is 5.44. The minimum Gasteiger partial charge on any atom is -0.496 e. The molecule has 0 aromatic heterocycles. The molecule has 0 N–H and O–H groups in total. The molecule has 0 saturated carbocycles. The van der Waals surface area contributed by atoms with Gasteiger partial charge in [0.25, 0.3) is 0 Å². The van der Waals surface area contributed by atoms with Crippen LogP contribution in [0.3, 0.4) is 0 Å². The third-order valence-corrected chi connectivity index (χ3v) is 5.44. The maximum absolute atomic E-state index is 6.44. The highest BCUT2D eigenvalue weighted by atomic mass is 16.6. The Balaban J connectivity index is 2.11. The first-order valence-electron chi connectivity index (χ1n) is 9.26. The van der Waals surface area contributed by atoms with Crippen molar-refractivity contribution in [3.05, 3.63) is 29.3 Å². The highest BCUT2D eigenvalue weighted by Gasteiger charge is 2.44. The zero-order valence-electron chi connectivity index (χ0n) is 15.8. The molecule has 2 aromatic carbocycles. The maximum atomic E-state index is 6.44. The molecular weight excluding hydrogens is 332 g/mol. The van der Waals surface area contributed by atoms with E-state index in [0.29, 0.717) is 6.61 Å². The Kier molecular flexibility index (Phi) is 4.67. The summed E-state index contributed by atoms with van der Waals surface area (Å²) in [5, 5.41) is 1.91. The van der Waals surface area contributed by atoms with Crippen molar-refractivity contribution in [1.82, 2.24) is 0 Å². The van der Waals surface area contributed by atoms with Crippen molar-refractivity contribution >= 4 is 10.8 Å². The van der Waals surface area contributed by atoms with E-state index in [9.17, 15) is 0 Å². The zero-order chi connectivity index (χ0) is 18.3. The largest absolute Gasteiger partial charge is 0.496 e. The van der Waals surface area contributed by atoms with Gasteiger partial charge in [-0.2, -0.15) is 0 Å². The van der Waals surface area contributed by atoms with E-state index in [1.807, 2.05) is 18.2 Å². The van der Waals surface area contributed by atoms with Gasteiger partial charge in [-0.15, -0.1) is 0 Å². The predicted octanol–water partition coefficient (Wildman–Crippen LogP) is 4.57. The molecular formula is C21H26O5. The van der Waals surface area contributed by atoms with Gasteiger partial charge in [-0.3, -0.25) is 0 Å². The molecule has 1 fully saturated rings. The summed E-state index contributed by atoms with van der Waals surface area (Å²) in [5.74, 6) is 2.42. The zero-order valence-corrected chi connectivity index (χ0v) is 15.8. The average molecular weight is 358 g/mol. The molecule has 0 amide bonds. The number of methoxy groups -OCH3 is 3. The van der Waals surface area contributed by atoms with Crippen molar-refractivity contribution < 1.29 is 23.7 Å². The molecule has 5 nitrogen and oxygen atoms in total. The normalized spacial score (nSPS) is 24.2. The van der Waals surface area contributed by atoms with Gasteiger partial charge in [0.2, 0.25) is 0 Å². The monoisotopic (exact) mass is 358 g/mol.